The van der Waals surface area contributed by atoms with Crippen LogP contribution in [0.5, 0.6) is 0 Å². The van der Waals surface area contributed by atoms with E-state index in [2.05, 4.69) is 10.3 Å². The van der Waals surface area contributed by atoms with Gasteiger partial charge in [-0.2, -0.15) is 5.26 Å². The molecule has 0 unspecified atom stereocenters. The van der Waals surface area contributed by atoms with Gasteiger partial charge in [-0.15, -0.1) is 0 Å². The summed E-state index contributed by atoms with van der Waals surface area (Å²) in [5, 5.41) is 12.8. The van der Waals surface area contributed by atoms with Gasteiger partial charge in [0.15, 0.2) is 5.13 Å². The van der Waals surface area contributed by atoms with Crippen LogP contribution in [0.3, 0.4) is 0 Å². The molecule has 24 heavy (non-hydrogen) atoms. The van der Waals surface area contributed by atoms with Gasteiger partial charge in [-0.1, -0.05) is 23.5 Å². The van der Waals surface area contributed by atoms with Gasteiger partial charge in [0.25, 0.3) is 0 Å². The number of nitrogen functional groups attached to an aromatic ring is 1. The number of nitriles is 1. The molecule has 118 valence electrons. The number of benzene rings is 2. The average Bonchev–Trinajstić information content (AvgIpc) is 3.05. The molecule has 3 N–H and O–H groups in total. The van der Waals surface area contributed by atoms with Crippen molar-refractivity contribution in [3.8, 4) is 6.07 Å². The highest BCUT2D eigenvalue weighted by Gasteiger charge is 2.14. The summed E-state index contributed by atoms with van der Waals surface area (Å²) in [4.78, 5) is 17.3. The van der Waals surface area contributed by atoms with Crippen LogP contribution in [0.15, 0.2) is 48.7 Å². The lowest BCUT2D eigenvalue weighted by atomic mass is 10.1. The largest absolute Gasteiger partial charge is 0.399 e. The Bertz CT molecular complexity index is 956. The van der Waals surface area contributed by atoms with E-state index in [4.69, 9.17) is 11.0 Å². The summed E-state index contributed by atoms with van der Waals surface area (Å²) in [6.07, 6.45) is 1.54. The number of nitrogens with zero attached hydrogens (tertiary/aromatic N) is 2. The standard InChI is InChI=1S/C18H14N4OS/c1-11-7-14(20)5-6-15(11)22-18-21-10-16(24-18)17(23)13-4-2-3-12(8-13)9-19/h2-8,10H,20H2,1H3,(H,21,22). The van der Waals surface area contributed by atoms with Crippen LogP contribution in [0.2, 0.25) is 0 Å². The molecule has 3 aromatic rings. The summed E-state index contributed by atoms with van der Waals surface area (Å²) in [5.41, 5.74) is 9.28. The lowest BCUT2D eigenvalue weighted by Crippen LogP contribution is -1.98. The highest BCUT2D eigenvalue weighted by molar-refractivity contribution is 7.17. The first-order chi connectivity index (χ1) is 11.6. The van der Waals surface area contributed by atoms with Gasteiger partial charge in [0.2, 0.25) is 5.78 Å². The van der Waals surface area contributed by atoms with E-state index in [-0.39, 0.29) is 5.78 Å². The fraction of sp³-hybridized carbons (Fsp3) is 0.0556. The third kappa shape index (κ3) is 3.26. The average molecular weight is 334 g/mol. The number of hydrogen-bond acceptors (Lipinski definition) is 6. The number of nitrogens with one attached hydrogen (secondary N) is 1. The molecule has 0 amide bonds. The SMILES string of the molecule is Cc1cc(N)ccc1Nc1ncc(C(=O)c2cccc(C#N)c2)s1. The zero-order chi connectivity index (χ0) is 17.1. The third-order valence-corrected chi connectivity index (χ3v) is 4.39. The fourth-order valence-corrected chi connectivity index (χ4v) is 3.04. The number of ketones is 1. The summed E-state index contributed by atoms with van der Waals surface area (Å²) in [6.45, 7) is 1.95. The molecular formula is C18H14N4OS. The van der Waals surface area contributed by atoms with Crippen LogP contribution >= 0.6 is 11.3 Å². The molecule has 3 rings (SSSR count). The predicted molar refractivity (Wildman–Crippen MR) is 95.6 cm³/mol. The summed E-state index contributed by atoms with van der Waals surface area (Å²) < 4.78 is 0. The zero-order valence-electron chi connectivity index (χ0n) is 12.9. The van der Waals surface area contributed by atoms with Gasteiger partial charge in [-0.3, -0.25) is 4.79 Å². The Hall–Kier alpha value is -3.17. The fourth-order valence-electron chi connectivity index (χ4n) is 2.25. The van der Waals surface area contributed by atoms with Crippen molar-refractivity contribution in [1.82, 2.24) is 4.98 Å². The van der Waals surface area contributed by atoms with Gasteiger partial charge < -0.3 is 11.1 Å². The van der Waals surface area contributed by atoms with Crippen LogP contribution in [0, 0.1) is 18.3 Å². The Morgan fingerprint density at radius 1 is 1.29 bits per heavy atom. The molecule has 0 atom stereocenters. The highest BCUT2D eigenvalue weighted by Crippen LogP contribution is 2.27. The molecular weight excluding hydrogens is 320 g/mol. The minimum absolute atomic E-state index is 0.147. The second-order valence-corrected chi connectivity index (χ2v) is 6.28. The Kier molecular flexibility index (Phi) is 4.27. The second-order valence-electron chi connectivity index (χ2n) is 5.25. The first-order valence-electron chi connectivity index (χ1n) is 7.20. The number of anilines is 3. The number of rotatable bonds is 4. The van der Waals surface area contributed by atoms with Crippen molar-refractivity contribution in [3.63, 3.8) is 0 Å². The van der Waals surface area contributed by atoms with E-state index in [9.17, 15) is 4.79 Å². The number of nitrogens with two attached hydrogens (primary N) is 1. The topological polar surface area (TPSA) is 91.8 Å². The quantitative estimate of drug-likeness (QED) is 0.558. The van der Waals surface area contributed by atoms with Gasteiger partial charge in [-0.25, -0.2) is 4.98 Å². The van der Waals surface area contributed by atoms with E-state index in [0.717, 1.165) is 11.3 Å². The molecule has 1 aromatic heterocycles. The summed E-state index contributed by atoms with van der Waals surface area (Å²) in [5.74, 6) is -0.147. The van der Waals surface area contributed by atoms with Gasteiger partial charge in [-0.05, 0) is 42.8 Å². The van der Waals surface area contributed by atoms with Crippen molar-refractivity contribution in [2.75, 3.05) is 11.1 Å². The molecule has 0 radical (unpaired) electrons. The first-order valence-corrected chi connectivity index (χ1v) is 8.02. The minimum Gasteiger partial charge on any atom is -0.399 e. The van der Waals surface area contributed by atoms with E-state index in [0.29, 0.717) is 26.8 Å². The molecule has 0 aliphatic heterocycles. The summed E-state index contributed by atoms with van der Waals surface area (Å²) >= 11 is 1.27. The molecule has 6 heteroatoms. The molecule has 5 nitrogen and oxygen atoms in total. The summed E-state index contributed by atoms with van der Waals surface area (Å²) in [7, 11) is 0. The zero-order valence-corrected chi connectivity index (χ0v) is 13.7. The Morgan fingerprint density at radius 2 is 2.12 bits per heavy atom. The lowest BCUT2D eigenvalue weighted by molar-refractivity contribution is 0.104. The molecule has 0 fully saturated rings. The van der Waals surface area contributed by atoms with Gasteiger partial charge in [0.05, 0.1) is 22.7 Å². The Balaban J connectivity index is 1.82. The molecule has 0 aliphatic carbocycles. The number of hydrogen-bond donors (Lipinski definition) is 2. The second kappa shape index (κ2) is 6.52. The molecule has 0 aliphatic rings. The monoisotopic (exact) mass is 334 g/mol. The maximum absolute atomic E-state index is 12.5. The number of carbonyl (C=O) groups is 1. The van der Waals surface area contributed by atoms with Gasteiger partial charge in [0.1, 0.15) is 0 Å². The molecule has 0 spiro atoms. The maximum Gasteiger partial charge on any atom is 0.204 e. The summed E-state index contributed by atoms with van der Waals surface area (Å²) in [6, 6.07) is 14.2. The van der Waals surface area contributed by atoms with Crippen LogP contribution < -0.4 is 11.1 Å². The molecule has 1 heterocycles. The van der Waals surface area contributed by atoms with E-state index in [1.807, 2.05) is 31.2 Å². The van der Waals surface area contributed by atoms with Gasteiger partial charge in [0, 0.05) is 16.9 Å². The van der Waals surface area contributed by atoms with Crippen LogP contribution in [0.25, 0.3) is 0 Å². The van der Waals surface area contributed by atoms with Gasteiger partial charge >= 0.3 is 0 Å². The minimum atomic E-state index is -0.147. The van der Waals surface area contributed by atoms with Crippen LogP contribution in [-0.2, 0) is 0 Å². The molecule has 0 bridgehead atoms. The van der Waals surface area contributed by atoms with Crippen LogP contribution in [0.1, 0.15) is 26.4 Å². The number of aryl methyl sites for hydroxylation is 1. The van der Waals surface area contributed by atoms with E-state index in [1.54, 1.807) is 30.5 Å². The first kappa shape index (κ1) is 15.7. The number of carbonyl (C=O) groups excluding carboxylic acids is 1. The van der Waals surface area contributed by atoms with Crippen LogP contribution in [-0.4, -0.2) is 10.8 Å². The van der Waals surface area contributed by atoms with Crippen molar-refractivity contribution >= 4 is 33.6 Å². The van der Waals surface area contributed by atoms with Crippen LogP contribution in [0.4, 0.5) is 16.5 Å². The van der Waals surface area contributed by atoms with Crippen molar-refractivity contribution < 1.29 is 4.79 Å². The predicted octanol–water partition coefficient (Wildman–Crippen LogP) is 3.88. The van der Waals surface area contributed by atoms with Crippen molar-refractivity contribution in [2.24, 2.45) is 0 Å². The van der Waals surface area contributed by atoms with E-state index >= 15 is 0 Å². The van der Waals surface area contributed by atoms with E-state index < -0.39 is 0 Å². The van der Waals surface area contributed by atoms with E-state index in [1.165, 1.54) is 11.3 Å². The normalized spacial score (nSPS) is 10.2. The Labute approximate surface area is 143 Å². The maximum atomic E-state index is 12.5. The van der Waals surface area contributed by atoms with Crippen molar-refractivity contribution in [2.45, 2.75) is 6.92 Å². The molecule has 2 aromatic carbocycles. The highest BCUT2D eigenvalue weighted by atomic mass is 32.1. The Morgan fingerprint density at radius 3 is 2.88 bits per heavy atom. The molecule has 0 saturated carbocycles. The van der Waals surface area contributed by atoms with Crippen molar-refractivity contribution in [3.05, 3.63) is 70.2 Å². The number of thiazole rings is 1. The van der Waals surface area contributed by atoms with Crippen molar-refractivity contribution in [1.29, 1.82) is 5.26 Å². The smallest absolute Gasteiger partial charge is 0.204 e. The molecule has 0 saturated heterocycles. The lowest BCUT2D eigenvalue weighted by Gasteiger charge is -2.07. The number of aromatic nitrogens is 1. The third-order valence-electron chi connectivity index (χ3n) is 3.48.